The lowest BCUT2D eigenvalue weighted by atomic mass is 9.87. The van der Waals surface area contributed by atoms with E-state index in [1.54, 1.807) is 0 Å². The number of oxime groups is 1. The van der Waals surface area contributed by atoms with E-state index in [0.29, 0.717) is 0 Å². The highest BCUT2D eigenvalue weighted by Gasteiger charge is 2.39. The molecule has 12 heavy (non-hydrogen) atoms. The number of nitrogens with one attached hydrogen (secondary N) is 1. The van der Waals surface area contributed by atoms with Crippen LogP contribution in [0.2, 0.25) is 0 Å². The maximum absolute atomic E-state index is 5.53. The molecule has 1 spiro atoms. The molecular formula is C9H16N2O. The SMILES string of the molecule is CCC1=NOC2(CCNCC2)C1. The van der Waals surface area contributed by atoms with E-state index < -0.39 is 0 Å². The molecule has 1 fully saturated rings. The molecule has 0 aromatic carbocycles. The zero-order chi connectivity index (χ0) is 8.44. The maximum atomic E-state index is 5.53. The molecule has 0 aromatic heterocycles. The van der Waals surface area contributed by atoms with Gasteiger partial charge in [0, 0.05) is 19.3 Å². The Labute approximate surface area is 73.2 Å². The Hall–Kier alpha value is -0.570. The lowest BCUT2D eigenvalue weighted by molar-refractivity contribution is -0.0400. The maximum Gasteiger partial charge on any atom is 0.145 e. The summed E-state index contributed by atoms with van der Waals surface area (Å²) >= 11 is 0. The quantitative estimate of drug-likeness (QED) is 0.640. The Morgan fingerprint density at radius 3 is 2.83 bits per heavy atom. The van der Waals surface area contributed by atoms with Crippen LogP contribution in [-0.4, -0.2) is 24.4 Å². The van der Waals surface area contributed by atoms with Crippen molar-refractivity contribution in [3.05, 3.63) is 0 Å². The number of hydrogen-bond donors (Lipinski definition) is 1. The van der Waals surface area contributed by atoms with Crippen LogP contribution in [0, 0.1) is 0 Å². The van der Waals surface area contributed by atoms with Crippen LogP contribution in [0.4, 0.5) is 0 Å². The summed E-state index contributed by atoms with van der Waals surface area (Å²) in [6.07, 6.45) is 4.32. The molecule has 3 heteroatoms. The molecule has 0 amide bonds. The molecule has 2 aliphatic heterocycles. The van der Waals surface area contributed by atoms with Gasteiger partial charge in [-0.25, -0.2) is 0 Å². The Morgan fingerprint density at radius 1 is 1.50 bits per heavy atom. The van der Waals surface area contributed by atoms with Gasteiger partial charge < -0.3 is 10.2 Å². The van der Waals surface area contributed by atoms with E-state index in [0.717, 1.165) is 38.8 Å². The second-order valence-corrected chi connectivity index (χ2v) is 3.71. The number of rotatable bonds is 1. The summed E-state index contributed by atoms with van der Waals surface area (Å²) in [5, 5.41) is 7.46. The number of piperidine rings is 1. The van der Waals surface area contributed by atoms with Gasteiger partial charge in [-0.2, -0.15) is 0 Å². The first-order valence-electron chi connectivity index (χ1n) is 4.79. The smallest absolute Gasteiger partial charge is 0.145 e. The van der Waals surface area contributed by atoms with Crippen molar-refractivity contribution in [2.75, 3.05) is 13.1 Å². The van der Waals surface area contributed by atoms with Gasteiger partial charge in [0.05, 0.1) is 5.71 Å². The fraction of sp³-hybridized carbons (Fsp3) is 0.889. The van der Waals surface area contributed by atoms with E-state index >= 15 is 0 Å². The third-order valence-electron chi connectivity index (χ3n) is 2.82. The van der Waals surface area contributed by atoms with Crippen molar-refractivity contribution in [1.82, 2.24) is 5.32 Å². The van der Waals surface area contributed by atoms with Gasteiger partial charge in [-0.15, -0.1) is 0 Å². The van der Waals surface area contributed by atoms with E-state index in [1.807, 2.05) is 0 Å². The van der Waals surface area contributed by atoms with E-state index in [4.69, 9.17) is 4.84 Å². The van der Waals surface area contributed by atoms with Gasteiger partial charge in [0.1, 0.15) is 5.60 Å². The average molecular weight is 168 g/mol. The second-order valence-electron chi connectivity index (χ2n) is 3.71. The molecule has 0 unspecified atom stereocenters. The van der Waals surface area contributed by atoms with Crippen molar-refractivity contribution < 1.29 is 4.84 Å². The average Bonchev–Trinajstić information content (AvgIpc) is 2.50. The zero-order valence-electron chi connectivity index (χ0n) is 7.60. The first-order chi connectivity index (χ1) is 5.85. The van der Waals surface area contributed by atoms with Crippen molar-refractivity contribution >= 4 is 5.71 Å². The predicted molar refractivity (Wildman–Crippen MR) is 48.3 cm³/mol. The molecule has 0 bridgehead atoms. The molecule has 68 valence electrons. The molecule has 1 saturated heterocycles. The van der Waals surface area contributed by atoms with Gasteiger partial charge in [0.2, 0.25) is 0 Å². The standard InChI is InChI=1S/C9H16N2O/c1-2-8-7-9(12-11-8)3-5-10-6-4-9/h10H,2-7H2,1H3. The van der Waals surface area contributed by atoms with Crippen molar-refractivity contribution in [3.8, 4) is 0 Å². The number of nitrogens with zero attached hydrogens (tertiary/aromatic N) is 1. The van der Waals surface area contributed by atoms with Crippen LogP contribution >= 0.6 is 0 Å². The molecule has 2 aliphatic rings. The van der Waals surface area contributed by atoms with Gasteiger partial charge in [0.25, 0.3) is 0 Å². The molecule has 2 rings (SSSR count). The van der Waals surface area contributed by atoms with Crippen molar-refractivity contribution in [2.24, 2.45) is 5.16 Å². The Kier molecular flexibility index (Phi) is 2.05. The normalized spacial score (nSPS) is 26.9. The zero-order valence-corrected chi connectivity index (χ0v) is 7.60. The summed E-state index contributed by atoms with van der Waals surface area (Å²) in [5.41, 5.74) is 1.31. The largest absolute Gasteiger partial charge is 0.389 e. The van der Waals surface area contributed by atoms with Crippen molar-refractivity contribution in [1.29, 1.82) is 0 Å². The minimum absolute atomic E-state index is 0.0800. The first kappa shape index (κ1) is 8.05. The van der Waals surface area contributed by atoms with Gasteiger partial charge >= 0.3 is 0 Å². The van der Waals surface area contributed by atoms with Crippen LogP contribution < -0.4 is 5.32 Å². The van der Waals surface area contributed by atoms with Gasteiger partial charge in [0.15, 0.2) is 0 Å². The topological polar surface area (TPSA) is 33.6 Å². The fourth-order valence-electron chi connectivity index (χ4n) is 1.94. The molecule has 3 nitrogen and oxygen atoms in total. The predicted octanol–water partition coefficient (Wildman–Crippen LogP) is 1.29. The lowest BCUT2D eigenvalue weighted by Crippen LogP contribution is -2.41. The molecule has 2 heterocycles. The van der Waals surface area contributed by atoms with Gasteiger partial charge in [-0.1, -0.05) is 12.1 Å². The molecule has 0 radical (unpaired) electrons. The van der Waals surface area contributed by atoms with Gasteiger partial charge in [-0.3, -0.25) is 0 Å². The van der Waals surface area contributed by atoms with E-state index in [9.17, 15) is 0 Å². The van der Waals surface area contributed by atoms with Crippen LogP contribution in [0.25, 0.3) is 0 Å². The molecule has 0 aliphatic carbocycles. The highest BCUT2D eigenvalue weighted by Crippen LogP contribution is 2.32. The van der Waals surface area contributed by atoms with Crippen molar-refractivity contribution in [2.45, 2.75) is 38.2 Å². The van der Waals surface area contributed by atoms with Crippen LogP contribution in [0.5, 0.6) is 0 Å². The Bertz CT molecular complexity index is 195. The monoisotopic (exact) mass is 168 g/mol. The summed E-state index contributed by atoms with van der Waals surface area (Å²) in [4.78, 5) is 5.53. The van der Waals surface area contributed by atoms with E-state index in [-0.39, 0.29) is 5.60 Å². The van der Waals surface area contributed by atoms with Crippen LogP contribution in [0.15, 0.2) is 5.16 Å². The van der Waals surface area contributed by atoms with Crippen molar-refractivity contribution in [3.63, 3.8) is 0 Å². The lowest BCUT2D eigenvalue weighted by Gasteiger charge is -2.30. The highest BCUT2D eigenvalue weighted by atomic mass is 16.7. The van der Waals surface area contributed by atoms with Crippen LogP contribution in [-0.2, 0) is 4.84 Å². The van der Waals surface area contributed by atoms with Crippen LogP contribution in [0.3, 0.4) is 0 Å². The second kappa shape index (κ2) is 3.05. The summed E-state index contributed by atoms with van der Waals surface area (Å²) in [7, 11) is 0. The third kappa shape index (κ3) is 1.33. The summed E-state index contributed by atoms with van der Waals surface area (Å²) in [5.74, 6) is 0. The van der Waals surface area contributed by atoms with E-state index in [1.165, 1.54) is 5.71 Å². The Balaban J connectivity index is 1.97. The Morgan fingerprint density at radius 2 is 2.25 bits per heavy atom. The summed E-state index contributed by atoms with van der Waals surface area (Å²) < 4.78 is 0. The summed E-state index contributed by atoms with van der Waals surface area (Å²) in [6, 6.07) is 0. The molecule has 0 aromatic rings. The summed E-state index contributed by atoms with van der Waals surface area (Å²) in [6.45, 7) is 4.29. The molecule has 0 saturated carbocycles. The fourth-order valence-corrected chi connectivity index (χ4v) is 1.94. The minimum Gasteiger partial charge on any atom is -0.389 e. The molecule has 1 N–H and O–H groups in total. The number of hydrogen-bond acceptors (Lipinski definition) is 3. The highest BCUT2D eigenvalue weighted by molar-refractivity contribution is 5.85. The molecular weight excluding hydrogens is 152 g/mol. The van der Waals surface area contributed by atoms with Gasteiger partial charge in [-0.05, 0) is 19.5 Å². The van der Waals surface area contributed by atoms with Crippen LogP contribution in [0.1, 0.15) is 32.6 Å². The minimum atomic E-state index is 0.0800. The third-order valence-corrected chi connectivity index (χ3v) is 2.82. The first-order valence-corrected chi connectivity index (χ1v) is 4.79. The molecule has 0 atom stereocenters. The van der Waals surface area contributed by atoms with E-state index in [2.05, 4.69) is 17.4 Å².